The lowest BCUT2D eigenvalue weighted by Crippen LogP contribution is -1.84. The quantitative estimate of drug-likeness (QED) is 0.487. The van der Waals surface area contributed by atoms with Crippen molar-refractivity contribution in [3.05, 3.63) is 83.4 Å². The van der Waals surface area contributed by atoms with Gasteiger partial charge in [-0.05, 0) is 70.6 Å². The number of hydrogen-bond acceptors (Lipinski definition) is 2. The number of fused-ring (bicyclic) bond motifs is 3. The Kier molecular flexibility index (Phi) is 3.43. The summed E-state index contributed by atoms with van der Waals surface area (Å²) in [7, 11) is 1.67. The molecule has 0 fully saturated rings. The van der Waals surface area contributed by atoms with Gasteiger partial charge < -0.3 is 4.74 Å². The largest absolute Gasteiger partial charge is 0.497 e. The standard InChI is InChI=1S/C21H17NO/c1-23-19-9-6-15(7-10-19)14-22-18-8-11-21-17(13-18)12-16-4-2-3-5-20(16)21/h2-11,13-14H,12H2,1H3/b22-14+. The number of hydrogen-bond donors (Lipinski definition) is 0. The van der Waals surface area contributed by atoms with Crippen LogP contribution in [0.5, 0.6) is 5.75 Å². The normalized spacial score (nSPS) is 12.2. The molecule has 1 aliphatic carbocycles. The van der Waals surface area contributed by atoms with Crippen molar-refractivity contribution in [3.63, 3.8) is 0 Å². The van der Waals surface area contributed by atoms with E-state index in [1.807, 2.05) is 30.5 Å². The van der Waals surface area contributed by atoms with Crippen LogP contribution < -0.4 is 4.74 Å². The summed E-state index contributed by atoms with van der Waals surface area (Å²) in [5, 5.41) is 0. The van der Waals surface area contributed by atoms with Gasteiger partial charge in [-0.15, -0.1) is 0 Å². The minimum atomic E-state index is 0.859. The van der Waals surface area contributed by atoms with Crippen LogP contribution in [0.15, 0.2) is 71.7 Å². The smallest absolute Gasteiger partial charge is 0.118 e. The molecule has 0 saturated carbocycles. The maximum absolute atomic E-state index is 5.17. The number of ether oxygens (including phenoxy) is 1. The van der Waals surface area contributed by atoms with E-state index in [2.05, 4.69) is 47.5 Å². The number of rotatable bonds is 3. The molecule has 0 unspecified atom stereocenters. The summed E-state index contributed by atoms with van der Waals surface area (Å²) < 4.78 is 5.17. The van der Waals surface area contributed by atoms with E-state index < -0.39 is 0 Å². The molecular formula is C21H17NO. The number of nitrogens with zero attached hydrogens (tertiary/aromatic N) is 1. The average Bonchev–Trinajstić information content (AvgIpc) is 2.98. The zero-order valence-corrected chi connectivity index (χ0v) is 13.0. The Hall–Kier alpha value is -2.87. The first-order valence-corrected chi connectivity index (χ1v) is 7.73. The fourth-order valence-electron chi connectivity index (χ4n) is 3.05. The predicted octanol–water partition coefficient (Wildman–Crippen LogP) is 5.02. The van der Waals surface area contributed by atoms with Crippen LogP contribution in [-0.2, 0) is 6.42 Å². The highest BCUT2D eigenvalue weighted by molar-refractivity contribution is 5.83. The molecule has 0 bridgehead atoms. The summed E-state index contributed by atoms with van der Waals surface area (Å²) in [6, 6.07) is 23.0. The van der Waals surface area contributed by atoms with Crippen molar-refractivity contribution in [2.24, 2.45) is 4.99 Å². The summed E-state index contributed by atoms with van der Waals surface area (Å²) in [6.07, 6.45) is 2.89. The highest BCUT2D eigenvalue weighted by Crippen LogP contribution is 2.38. The van der Waals surface area contributed by atoms with E-state index in [0.717, 1.165) is 23.4 Å². The second-order valence-electron chi connectivity index (χ2n) is 5.71. The molecular weight excluding hydrogens is 282 g/mol. The SMILES string of the molecule is COc1ccc(/C=N/c2ccc3c(c2)Cc2ccccc2-3)cc1. The molecule has 3 aromatic carbocycles. The van der Waals surface area contributed by atoms with Gasteiger partial charge in [-0.25, -0.2) is 0 Å². The van der Waals surface area contributed by atoms with Crippen molar-refractivity contribution in [1.82, 2.24) is 0 Å². The molecule has 0 saturated heterocycles. The van der Waals surface area contributed by atoms with E-state index in [0.29, 0.717) is 0 Å². The van der Waals surface area contributed by atoms with Gasteiger partial charge >= 0.3 is 0 Å². The zero-order chi connectivity index (χ0) is 15.6. The molecule has 112 valence electrons. The van der Waals surface area contributed by atoms with Crippen molar-refractivity contribution in [2.45, 2.75) is 6.42 Å². The van der Waals surface area contributed by atoms with E-state index in [9.17, 15) is 0 Å². The Morgan fingerprint density at radius 2 is 1.65 bits per heavy atom. The first kappa shape index (κ1) is 13.8. The Morgan fingerprint density at radius 3 is 2.48 bits per heavy atom. The highest BCUT2D eigenvalue weighted by atomic mass is 16.5. The third kappa shape index (κ3) is 2.64. The Bertz CT molecular complexity index is 879. The number of benzene rings is 3. The lowest BCUT2D eigenvalue weighted by atomic mass is 10.1. The van der Waals surface area contributed by atoms with Gasteiger partial charge in [0.05, 0.1) is 12.8 Å². The maximum Gasteiger partial charge on any atom is 0.118 e. The number of methoxy groups -OCH3 is 1. The minimum absolute atomic E-state index is 0.859. The molecule has 1 aliphatic rings. The topological polar surface area (TPSA) is 21.6 Å². The van der Waals surface area contributed by atoms with Gasteiger partial charge in [0, 0.05) is 6.21 Å². The second-order valence-corrected chi connectivity index (χ2v) is 5.71. The van der Waals surface area contributed by atoms with Gasteiger partial charge in [-0.2, -0.15) is 0 Å². The third-order valence-corrected chi connectivity index (χ3v) is 4.26. The lowest BCUT2D eigenvalue weighted by molar-refractivity contribution is 0.415. The van der Waals surface area contributed by atoms with E-state index >= 15 is 0 Å². The van der Waals surface area contributed by atoms with Crippen LogP contribution in [0.4, 0.5) is 5.69 Å². The van der Waals surface area contributed by atoms with Crippen LogP contribution in [0, 0.1) is 0 Å². The molecule has 23 heavy (non-hydrogen) atoms. The number of aliphatic imine (C=N–C) groups is 1. The van der Waals surface area contributed by atoms with Crippen molar-refractivity contribution < 1.29 is 4.74 Å². The molecule has 2 nitrogen and oxygen atoms in total. The summed E-state index contributed by atoms with van der Waals surface area (Å²) >= 11 is 0. The Balaban J connectivity index is 1.59. The summed E-state index contributed by atoms with van der Waals surface area (Å²) in [5.74, 6) is 0.859. The van der Waals surface area contributed by atoms with Crippen molar-refractivity contribution in [3.8, 4) is 16.9 Å². The molecule has 0 aliphatic heterocycles. The van der Waals surface area contributed by atoms with Crippen LogP contribution in [0.25, 0.3) is 11.1 Å². The Labute approximate surface area is 136 Å². The van der Waals surface area contributed by atoms with Crippen molar-refractivity contribution >= 4 is 11.9 Å². The lowest BCUT2D eigenvalue weighted by Gasteiger charge is -2.02. The summed E-state index contributed by atoms with van der Waals surface area (Å²) in [4.78, 5) is 4.61. The van der Waals surface area contributed by atoms with Crippen molar-refractivity contribution in [2.75, 3.05) is 7.11 Å². The second kappa shape index (κ2) is 5.73. The molecule has 4 rings (SSSR count). The molecule has 0 radical (unpaired) electrons. The van der Waals surface area contributed by atoms with E-state index in [1.54, 1.807) is 7.11 Å². The van der Waals surface area contributed by atoms with Crippen LogP contribution in [-0.4, -0.2) is 13.3 Å². The first-order valence-electron chi connectivity index (χ1n) is 7.73. The van der Waals surface area contributed by atoms with Crippen LogP contribution in [0.2, 0.25) is 0 Å². The van der Waals surface area contributed by atoms with Gasteiger partial charge in [0.2, 0.25) is 0 Å². The summed E-state index contributed by atoms with van der Waals surface area (Å²) in [6.45, 7) is 0. The first-order chi connectivity index (χ1) is 11.3. The molecule has 0 N–H and O–H groups in total. The van der Waals surface area contributed by atoms with Crippen molar-refractivity contribution in [1.29, 1.82) is 0 Å². The monoisotopic (exact) mass is 299 g/mol. The molecule has 0 atom stereocenters. The Morgan fingerprint density at radius 1 is 0.870 bits per heavy atom. The van der Waals surface area contributed by atoms with Gasteiger partial charge in [-0.3, -0.25) is 4.99 Å². The fraction of sp³-hybridized carbons (Fsp3) is 0.0952. The van der Waals surface area contributed by atoms with E-state index in [4.69, 9.17) is 4.74 Å². The minimum Gasteiger partial charge on any atom is -0.497 e. The van der Waals surface area contributed by atoms with Gasteiger partial charge in [0.25, 0.3) is 0 Å². The fourth-order valence-corrected chi connectivity index (χ4v) is 3.05. The molecule has 0 spiro atoms. The van der Waals surface area contributed by atoms with Gasteiger partial charge in [0.1, 0.15) is 5.75 Å². The summed E-state index contributed by atoms with van der Waals surface area (Å²) in [5.41, 5.74) is 7.51. The van der Waals surface area contributed by atoms with Gasteiger partial charge in [-0.1, -0.05) is 30.3 Å². The van der Waals surface area contributed by atoms with Crippen LogP contribution >= 0.6 is 0 Å². The maximum atomic E-state index is 5.17. The average molecular weight is 299 g/mol. The predicted molar refractivity (Wildman–Crippen MR) is 94.9 cm³/mol. The van der Waals surface area contributed by atoms with Crippen LogP contribution in [0.1, 0.15) is 16.7 Å². The molecule has 0 aromatic heterocycles. The molecule has 0 amide bonds. The van der Waals surface area contributed by atoms with Crippen LogP contribution in [0.3, 0.4) is 0 Å². The third-order valence-electron chi connectivity index (χ3n) is 4.26. The molecule has 3 aromatic rings. The highest BCUT2D eigenvalue weighted by Gasteiger charge is 2.17. The van der Waals surface area contributed by atoms with E-state index in [-0.39, 0.29) is 0 Å². The van der Waals surface area contributed by atoms with Gasteiger partial charge in [0.15, 0.2) is 0 Å². The zero-order valence-electron chi connectivity index (χ0n) is 13.0. The molecule has 0 heterocycles. The van der Waals surface area contributed by atoms with E-state index in [1.165, 1.54) is 22.3 Å². The molecule has 2 heteroatoms.